The van der Waals surface area contributed by atoms with Gasteiger partial charge in [0.15, 0.2) is 0 Å². The summed E-state index contributed by atoms with van der Waals surface area (Å²) in [7, 11) is 0. The molecule has 1 aliphatic heterocycles. The largest absolute Gasteiger partial charge is 0.494 e. The third-order valence-corrected chi connectivity index (χ3v) is 5.19. The van der Waals surface area contributed by atoms with Crippen molar-refractivity contribution in [2.75, 3.05) is 11.9 Å². The van der Waals surface area contributed by atoms with Crippen LogP contribution >= 0.6 is 0 Å². The number of nitrogens with one attached hydrogen (secondary N) is 1. The second kappa shape index (κ2) is 6.44. The highest BCUT2D eigenvalue weighted by Crippen LogP contribution is 2.53. The number of halogens is 1. The topological polar surface area (TPSA) is 64.4 Å². The molecule has 5 nitrogen and oxygen atoms in total. The van der Waals surface area contributed by atoms with Crippen molar-refractivity contribution in [2.24, 2.45) is 5.92 Å². The van der Waals surface area contributed by atoms with Crippen molar-refractivity contribution in [2.45, 2.75) is 25.3 Å². The molecule has 0 aromatic heterocycles. The minimum Gasteiger partial charge on any atom is -0.494 e. The van der Waals surface area contributed by atoms with E-state index in [-0.39, 0.29) is 29.3 Å². The van der Waals surface area contributed by atoms with Gasteiger partial charge >= 0.3 is 0 Å². The van der Waals surface area contributed by atoms with E-state index < -0.39 is 10.7 Å². The van der Waals surface area contributed by atoms with Gasteiger partial charge in [-0.2, -0.15) is 0 Å². The van der Waals surface area contributed by atoms with Gasteiger partial charge in [0, 0.05) is 12.0 Å². The molecule has 0 radical (unpaired) electrons. The molecule has 0 spiro atoms. The van der Waals surface area contributed by atoms with Gasteiger partial charge in [0.1, 0.15) is 11.6 Å². The lowest BCUT2D eigenvalue weighted by Crippen LogP contribution is -2.30. The second-order valence-electron chi connectivity index (χ2n) is 6.59. The van der Waals surface area contributed by atoms with Gasteiger partial charge in [-0.15, -0.1) is 0 Å². The predicted octanol–water partition coefficient (Wildman–Crippen LogP) is 4.96. The molecule has 0 saturated carbocycles. The first-order chi connectivity index (χ1) is 12.6. The Kier molecular flexibility index (Phi) is 4.11. The highest BCUT2D eigenvalue weighted by molar-refractivity contribution is 5.67. The molecule has 3 atom stereocenters. The molecule has 0 saturated heterocycles. The fraction of sp³-hybridized carbons (Fsp3) is 0.300. The van der Waals surface area contributed by atoms with E-state index in [1.807, 2.05) is 43.3 Å². The molecule has 4 rings (SSSR count). The van der Waals surface area contributed by atoms with Gasteiger partial charge in [-0.05, 0) is 43.0 Å². The Morgan fingerprint density at radius 2 is 2.04 bits per heavy atom. The van der Waals surface area contributed by atoms with E-state index in [0.717, 1.165) is 23.8 Å². The number of hydrogen-bond acceptors (Lipinski definition) is 4. The average Bonchev–Trinajstić information content (AvgIpc) is 3.12. The summed E-state index contributed by atoms with van der Waals surface area (Å²) in [5.41, 5.74) is 1.69. The van der Waals surface area contributed by atoms with Crippen molar-refractivity contribution in [3.05, 3.63) is 75.6 Å². The Bertz CT molecular complexity index is 879. The van der Waals surface area contributed by atoms with Gasteiger partial charge in [0.2, 0.25) is 0 Å². The number of rotatable bonds is 4. The van der Waals surface area contributed by atoms with Crippen LogP contribution in [0.2, 0.25) is 0 Å². The van der Waals surface area contributed by atoms with Gasteiger partial charge in [-0.3, -0.25) is 10.1 Å². The van der Waals surface area contributed by atoms with Crippen LogP contribution in [0, 0.1) is 21.8 Å². The number of nitro groups is 1. The monoisotopic (exact) mass is 354 g/mol. The van der Waals surface area contributed by atoms with Crippen LogP contribution in [0.5, 0.6) is 5.75 Å². The summed E-state index contributed by atoms with van der Waals surface area (Å²) in [4.78, 5) is 11.0. The van der Waals surface area contributed by atoms with Crippen LogP contribution in [0.4, 0.5) is 15.8 Å². The minimum absolute atomic E-state index is 0.0272. The molecule has 3 unspecified atom stereocenters. The van der Waals surface area contributed by atoms with Crippen molar-refractivity contribution in [1.29, 1.82) is 0 Å². The van der Waals surface area contributed by atoms with Crippen molar-refractivity contribution < 1.29 is 14.1 Å². The van der Waals surface area contributed by atoms with Crippen LogP contribution in [0.1, 0.15) is 36.4 Å². The van der Waals surface area contributed by atoms with Crippen LogP contribution in [0.15, 0.2) is 48.6 Å². The maximum atomic E-state index is 14.5. The van der Waals surface area contributed by atoms with Crippen molar-refractivity contribution >= 4 is 11.4 Å². The quantitative estimate of drug-likeness (QED) is 0.479. The lowest BCUT2D eigenvalue weighted by Gasteiger charge is -2.37. The Morgan fingerprint density at radius 3 is 2.73 bits per heavy atom. The minimum atomic E-state index is -0.458. The number of allylic oxidation sites excluding steroid dienone is 2. The van der Waals surface area contributed by atoms with Crippen molar-refractivity contribution in [1.82, 2.24) is 0 Å². The molecule has 26 heavy (non-hydrogen) atoms. The summed E-state index contributed by atoms with van der Waals surface area (Å²) >= 11 is 0. The third kappa shape index (κ3) is 2.62. The van der Waals surface area contributed by atoms with E-state index in [4.69, 9.17) is 4.74 Å². The van der Waals surface area contributed by atoms with E-state index in [1.54, 1.807) is 0 Å². The van der Waals surface area contributed by atoms with Gasteiger partial charge in [-0.25, -0.2) is 4.39 Å². The molecule has 6 heteroatoms. The number of benzene rings is 2. The van der Waals surface area contributed by atoms with Gasteiger partial charge in [0.25, 0.3) is 5.69 Å². The molecule has 134 valence electrons. The summed E-state index contributed by atoms with van der Waals surface area (Å²) < 4.78 is 20.0. The van der Waals surface area contributed by atoms with Crippen LogP contribution in [0.25, 0.3) is 0 Å². The summed E-state index contributed by atoms with van der Waals surface area (Å²) in [6.45, 7) is 2.52. The number of anilines is 1. The zero-order chi connectivity index (χ0) is 18.3. The fourth-order valence-electron chi connectivity index (χ4n) is 4.08. The van der Waals surface area contributed by atoms with E-state index in [1.165, 1.54) is 6.07 Å². The lowest BCUT2D eigenvalue weighted by molar-refractivity contribution is -0.385. The van der Waals surface area contributed by atoms with Crippen molar-refractivity contribution in [3.63, 3.8) is 0 Å². The lowest BCUT2D eigenvalue weighted by atomic mass is 9.76. The Morgan fingerprint density at radius 1 is 1.27 bits per heavy atom. The fourth-order valence-corrected chi connectivity index (χ4v) is 4.08. The van der Waals surface area contributed by atoms with E-state index in [0.29, 0.717) is 12.2 Å². The maximum Gasteiger partial charge on any atom is 0.275 e. The number of ether oxygens (including phenoxy) is 1. The summed E-state index contributed by atoms with van der Waals surface area (Å²) in [5, 5.41) is 14.7. The molecular weight excluding hydrogens is 335 g/mol. The molecule has 1 N–H and O–H groups in total. The summed E-state index contributed by atoms with van der Waals surface area (Å²) in [5.74, 6) is 0.274. The molecule has 0 bridgehead atoms. The molecule has 1 aliphatic carbocycles. The van der Waals surface area contributed by atoms with Crippen LogP contribution in [0.3, 0.4) is 0 Å². The standard InChI is InChI=1S/C20H19FN2O3/c1-2-26-13-8-6-12(7-9-13)19-15-5-3-4-14(15)18-17(23(24)25)11-10-16(21)20(18)22-19/h3-4,6-11,14-15,19,22H,2,5H2,1H3. The smallest absolute Gasteiger partial charge is 0.275 e. The highest BCUT2D eigenvalue weighted by Gasteiger charge is 2.42. The number of fused-ring (bicyclic) bond motifs is 3. The average molecular weight is 354 g/mol. The van der Waals surface area contributed by atoms with E-state index in [2.05, 4.69) is 5.32 Å². The third-order valence-electron chi connectivity index (χ3n) is 5.19. The Labute approximate surface area is 150 Å². The molecule has 0 amide bonds. The predicted molar refractivity (Wildman–Crippen MR) is 97.0 cm³/mol. The first kappa shape index (κ1) is 16.6. The van der Waals surface area contributed by atoms with Gasteiger partial charge in [0.05, 0.1) is 28.8 Å². The molecule has 2 aromatic carbocycles. The normalized spacial score (nSPS) is 23.1. The zero-order valence-corrected chi connectivity index (χ0v) is 14.3. The van der Waals surface area contributed by atoms with Crippen LogP contribution < -0.4 is 10.1 Å². The van der Waals surface area contributed by atoms with E-state index in [9.17, 15) is 14.5 Å². The first-order valence-corrected chi connectivity index (χ1v) is 8.73. The number of hydrogen-bond donors (Lipinski definition) is 1. The maximum absolute atomic E-state index is 14.5. The zero-order valence-electron chi connectivity index (χ0n) is 14.3. The molecule has 0 fully saturated rings. The summed E-state index contributed by atoms with van der Waals surface area (Å²) in [6, 6.07) is 10.1. The molecular formula is C20H19FN2O3. The molecule has 2 aliphatic rings. The molecule has 1 heterocycles. The second-order valence-corrected chi connectivity index (χ2v) is 6.59. The molecule has 2 aromatic rings. The Hall–Kier alpha value is -2.89. The first-order valence-electron chi connectivity index (χ1n) is 8.73. The highest BCUT2D eigenvalue weighted by atomic mass is 19.1. The van der Waals surface area contributed by atoms with Crippen molar-refractivity contribution in [3.8, 4) is 5.75 Å². The number of nitro benzene ring substituents is 1. The SMILES string of the molecule is CCOc1ccc(C2Nc3c(F)ccc([N+](=O)[O-])c3C3C=CCC32)cc1. The number of nitrogens with zero attached hydrogens (tertiary/aromatic N) is 1. The van der Waals surface area contributed by atoms with Crippen LogP contribution in [-0.2, 0) is 0 Å². The Balaban J connectivity index is 1.77. The van der Waals surface area contributed by atoms with Gasteiger partial charge < -0.3 is 10.1 Å². The van der Waals surface area contributed by atoms with Crippen LogP contribution in [-0.4, -0.2) is 11.5 Å². The van der Waals surface area contributed by atoms with Gasteiger partial charge in [-0.1, -0.05) is 24.3 Å². The van der Waals surface area contributed by atoms with E-state index >= 15 is 0 Å². The summed E-state index contributed by atoms with van der Waals surface area (Å²) in [6.07, 6.45) is 4.79.